The van der Waals surface area contributed by atoms with Crippen molar-refractivity contribution in [1.82, 2.24) is 13.7 Å². The molecule has 3 aromatic heterocycles. The maximum Gasteiger partial charge on any atom is 0.256 e. The summed E-state index contributed by atoms with van der Waals surface area (Å²) in [5, 5.41) is 3.98. The number of benzene rings is 20. The summed E-state index contributed by atoms with van der Waals surface area (Å²) in [6.07, 6.45) is 0. The number of nitrogens with zero attached hydrogens (tertiary/aromatic N) is 5. The number of aryl methyl sites for hydroxylation is 2. The highest BCUT2D eigenvalue weighted by Gasteiger charge is 2.46. The van der Waals surface area contributed by atoms with E-state index in [0.717, 1.165) is 45.6 Å². The molecule has 0 atom stereocenters. The number of para-hydroxylation sites is 7. The van der Waals surface area contributed by atoms with Crippen LogP contribution in [-0.2, 0) is 0 Å². The lowest BCUT2D eigenvalue weighted by atomic mass is 9.34. The quantitative estimate of drug-likeness (QED) is 0.107. The first kappa shape index (κ1) is 83.7. The number of ether oxygens (including phenoxy) is 1. The standard InChI is InChI=1S/C50H32BNS.C46H34BN3O.C34H24BNS/c1-4-14-33(15-5-1)36-20-12-22-38(30-36)39-26-28-45-43(32-39)51-42-24-10-11-25-44(42)52-49(35-18-8-3-9-19-35)47(41-27-29-46(53-45)48(51)50(41)52)40-23-13-21-37(31-40)34-16-6-2-7-17-34;1-31-32(2)48-42-28-38(50(35-20-11-5-12-21-35)36-22-13-6-14-23-36)30-44-45(42)47(41-25-15-24-39(31)46(41)48)40-27-26-37(29-43(40)51-44)49(33-16-7-3-8-17-33)34-18-9-4-10-19-34;1-21-22(2)36-30-18-9-8-16-28(30)35-29-17-10-15-27(34(29)37-31-20-19-24(21)33(36)32(31)35)26-14-7-6-13-25(26)23-11-4-3-5-12-23/h1-32H;3-30H,1-2H3;3-20H,1-2H3. The molecule has 6 nitrogen and oxygen atoms in total. The Balaban J connectivity index is 0.000000108. The van der Waals surface area contributed by atoms with Crippen molar-refractivity contribution < 1.29 is 4.74 Å². The average Bonchev–Trinajstić information content (AvgIpc) is 1.51. The smallest absolute Gasteiger partial charge is 0.256 e. The third kappa shape index (κ3) is 13.7. The molecule has 0 unspecified atom stereocenters. The number of rotatable bonds is 13. The molecule has 23 aromatic rings. The Morgan fingerprint density at radius 1 is 0.227 bits per heavy atom. The van der Waals surface area contributed by atoms with Crippen molar-refractivity contribution >= 4 is 160 Å². The van der Waals surface area contributed by atoms with Gasteiger partial charge in [0.1, 0.15) is 11.5 Å². The Morgan fingerprint density at radius 2 is 0.638 bits per heavy atom. The van der Waals surface area contributed by atoms with E-state index in [1.54, 1.807) is 0 Å². The van der Waals surface area contributed by atoms with E-state index in [-0.39, 0.29) is 20.1 Å². The minimum atomic E-state index is 0.0237. The van der Waals surface area contributed by atoms with Crippen LogP contribution < -0.4 is 63.7 Å². The van der Waals surface area contributed by atoms with Gasteiger partial charge in [-0.25, -0.2) is 0 Å². The summed E-state index contributed by atoms with van der Waals surface area (Å²) in [5.41, 5.74) is 49.2. The molecule has 141 heavy (non-hydrogen) atoms. The summed E-state index contributed by atoms with van der Waals surface area (Å²) in [7, 11) is 0. The fourth-order valence-corrected chi connectivity index (χ4v) is 25.9. The first-order valence-electron chi connectivity index (χ1n) is 48.8. The fraction of sp³-hybridized carbons (Fsp3) is 0.0308. The molecular formula is C130H90B3N5OS2. The van der Waals surface area contributed by atoms with Crippen LogP contribution in [0.5, 0.6) is 11.5 Å². The monoisotopic (exact) mass is 1830 g/mol. The van der Waals surface area contributed by atoms with Gasteiger partial charge in [0.05, 0.1) is 16.9 Å². The molecular weight excluding hydrogens is 1740 g/mol. The SMILES string of the molecule is Cc1c(C)n2c3c(cccc13)B1c3ccc(N(c4ccccc4)c4ccccc4)cc3Oc3cc(N(c4ccccc4)c4ccccc4)cc-2c31.Cc1c(C)n2c3c4c(ccc13)Sc1c(cccc1-c1ccccc1-c1ccccc1)B4c1ccccc1-2.c1ccc(-c2cccc(-c3ccc4c(c3)B3c5ccccc5-n5c(-c6ccccc6)c(-c6cccc(-c7ccccc7)c6)c6ccc(c3c65)S4)c2)cc1. The van der Waals surface area contributed by atoms with Crippen LogP contribution in [0.1, 0.15) is 22.5 Å². The predicted molar refractivity (Wildman–Crippen MR) is 598 cm³/mol. The van der Waals surface area contributed by atoms with Gasteiger partial charge in [0.25, 0.3) is 6.71 Å². The van der Waals surface area contributed by atoms with E-state index in [9.17, 15) is 0 Å². The molecule has 662 valence electrons. The molecule has 11 heteroatoms. The van der Waals surface area contributed by atoms with E-state index in [1.807, 2.05) is 23.5 Å². The Kier molecular flexibility index (Phi) is 20.3. The first-order valence-corrected chi connectivity index (χ1v) is 50.4. The number of anilines is 6. The molecule has 29 rings (SSSR count). The molecule has 0 spiro atoms. The molecule has 0 N–H and O–H groups in total. The second-order valence-corrected chi connectivity index (χ2v) is 39.8. The Morgan fingerprint density at radius 3 is 1.25 bits per heavy atom. The van der Waals surface area contributed by atoms with Gasteiger partial charge in [-0.1, -0.05) is 392 Å². The zero-order valence-electron chi connectivity index (χ0n) is 78.2. The van der Waals surface area contributed by atoms with Gasteiger partial charge in [0.15, 0.2) is 0 Å². The van der Waals surface area contributed by atoms with Crippen LogP contribution in [0.25, 0.3) is 128 Å². The lowest BCUT2D eigenvalue weighted by molar-refractivity contribution is 0.487. The van der Waals surface area contributed by atoms with Crippen LogP contribution in [0.2, 0.25) is 0 Å². The lowest BCUT2D eigenvalue weighted by Crippen LogP contribution is -2.58. The summed E-state index contributed by atoms with van der Waals surface area (Å²) < 4.78 is 14.7. The Labute approximate surface area is 831 Å². The molecule has 0 bridgehead atoms. The molecule has 6 aliphatic rings. The Bertz CT molecular complexity index is 8880. The second-order valence-electron chi connectivity index (χ2n) is 37.6. The van der Waals surface area contributed by atoms with Gasteiger partial charge in [0.2, 0.25) is 13.4 Å². The van der Waals surface area contributed by atoms with E-state index in [2.05, 4.69) is 524 Å². The summed E-state index contributed by atoms with van der Waals surface area (Å²) in [5.74, 6) is 1.76. The van der Waals surface area contributed by atoms with E-state index >= 15 is 0 Å². The molecule has 0 saturated carbocycles. The van der Waals surface area contributed by atoms with Gasteiger partial charge in [-0.3, -0.25) is 0 Å². The highest BCUT2D eigenvalue weighted by atomic mass is 32.2. The van der Waals surface area contributed by atoms with E-state index < -0.39 is 0 Å². The van der Waals surface area contributed by atoms with Crippen molar-refractivity contribution in [2.24, 2.45) is 0 Å². The van der Waals surface area contributed by atoms with Gasteiger partial charge in [-0.2, -0.15) is 0 Å². The summed E-state index contributed by atoms with van der Waals surface area (Å²) >= 11 is 3.86. The zero-order valence-corrected chi connectivity index (χ0v) is 79.9. The minimum Gasteiger partial charge on any atom is -0.458 e. The molecule has 0 amide bonds. The molecule has 0 aliphatic carbocycles. The van der Waals surface area contributed by atoms with Gasteiger partial charge >= 0.3 is 0 Å². The summed E-state index contributed by atoms with van der Waals surface area (Å²) in [4.78, 5) is 10.1. The maximum absolute atomic E-state index is 7.14. The van der Waals surface area contributed by atoms with Crippen LogP contribution >= 0.6 is 23.5 Å². The van der Waals surface area contributed by atoms with Crippen LogP contribution in [-0.4, -0.2) is 33.8 Å². The van der Waals surface area contributed by atoms with Gasteiger partial charge < -0.3 is 28.2 Å². The first-order chi connectivity index (χ1) is 69.7. The minimum absolute atomic E-state index is 0.0237. The molecule has 9 heterocycles. The van der Waals surface area contributed by atoms with Crippen molar-refractivity contribution in [2.45, 2.75) is 47.3 Å². The van der Waals surface area contributed by atoms with Crippen LogP contribution in [0.3, 0.4) is 0 Å². The highest BCUT2D eigenvalue weighted by Crippen LogP contribution is 2.51. The maximum atomic E-state index is 7.14. The van der Waals surface area contributed by atoms with Crippen molar-refractivity contribution in [2.75, 3.05) is 9.80 Å². The van der Waals surface area contributed by atoms with Crippen LogP contribution in [0.15, 0.2) is 493 Å². The van der Waals surface area contributed by atoms with Crippen molar-refractivity contribution in [3.63, 3.8) is 0 Å². The van der Waals surface area contributed by atoms with E-state index in [0.29, 0.717) is 0 Å². The molecule has 0 saturated heterocycles. The topological polar surface area (TPSA) is 30.5 Å². The predicted octanol–water partition coefficient (Wildman–Crippen LogP) is 28.3. The van der Waals surface area contributed by atoms with Gasteiger partial charge in [-0.15, -0.1) is 0 Å². The summed E-state index contributed by atoms with van der Waals surface area (Å²) in [6, 6.07) is 172. The van der Waals surface area contributed by atoms with Gasteiger partial charge in [0, 0.05) is 121 Å². The second kappa shape index (κ2) is 34.2. The third-order valence-corrected chi connectivity index (χ3v) is 32.4. The van der Waals surface area contributed by atoms with Crippen LogP contribution in [0.4, 0.5) is 34.1 Å². The fourth-order valence-electron chi connectivity index (χ4n) is 23.5. The third-order valence-electron chi connectivity index (χ3n) is 30.0. The van der Waals surface area contributed by atoms with E-state index in [1.165, 1.54) is 219 Å². The lowest BCUT2D eigenvalue weighted by Gasteiger charge is -2.36. The number of fused-ring (bicyclic) bond motifs is 14. The number of hydrogen-bond donors (Lipinski definition) is 0. The largest absolute Gasteiger partial charge is 0.458 e. The van der Waals surface area contributed by atoms with Crippen molar-refractivity contribution in [3.8, 4) is 107 Å². The number of hydrogen-bond acceptors (Lipinski definition) is 5. The average molecular weight is 1830 g/mol. The normalized spacial score (nSPS) is 12.5. The molecule has 6 aliphatic heterocycles. The molecule has 0 fully saturated rings. The van der Waals surface area contributed by atoms with Gasteiger partial charge in [-0.05, 0) is 247 Å². The summed E-state index contributed by atoms with van der Waals surface area (Å²) in [6.45, 7) is 9.41. The van der Waals surface area contributed by atoms with Crippen molar-refractivity contribution in [3.05, 3.63) is 496 Å². The van der Waals surface area contributed by atoms with Crippen molar-refractivity contribution in [1.29, 1.82) is 0 Å². The molecule has 20 aromatic carbocycles. The van der Waals surface area contributed by atoms with E-state index in [4.69, 9.17) is 4.74 Å². The molecule has 0 radical (unpaired) electrons. The Hall–Kier alpha value is -16.7. The number of aromatic nitrogens is 3. The van der Waals surface area contributed by atoms with Crippen LogP contribution in [0, 0.1) is 27.7 Å². The highest BCUT2D eigenvalue weighted by molar-refractivity contribution is 8.00. The zero-order chi connectivity index (χ0) is 93.6.